The van der Waals surface area contributed by atoms with Gasteiger partial charge < -0.3 is 10.0 Å². The van der Waals surface area contributed by atoms with Gasteiger partial charge in [0.2, 0.25) is 10.0 Å². The van der Waals surface area contributed by atoms with E-state index in [0.717, 1.165) is 15.4 Å². The molecule has 0 aliphatic carbocycles. The lowest BCUT2D eigenvalue weighted by Crippen LogP contribution is -2.40. The van der Waals surface area contributed by atoms with Crippen LogP contribution in [0.1, 0.15) is 27.4 Å². The van der Waals surface area contributed by atoms with Crippen molar-refractivity contribution in [2.75, 3.05) is 20.6 Å². The molecule has 0 saturated carbocycles. The molecule has 0 radical (unpaired) electrons. The highest BCUT2D eigenvalue weighted by molar-refractivity contribution is 7.89. The maximum Gasteiger partial charge on any atom is 0.312 e. The number of hydrogen-bond acceptors (Lipinski definition) is 4. The molecule has 1 amide bonds. The van der Waals surface area contributed by atoms with Gasteiger partial charge in [-0.2, -0.15) is 0 Å². The van der Waals surface area contributed by atoms with Crippen molar-refractivity contribution < 1.29 is 23.1 Å². The molecule has 3 rings (SSSR count). The van der Waals surface area contributed by atoms with Crippen LogP contribution in [0.3, 0.4) is 0 Å². The van der Waals surface area contributed by atoms with Crippen LogP contribution in [-0.2, 0) is 21.4 Å². The maximum atomic E-state index is 12.8. The minimum absolute atomic E-state index is 0.0723. The number of hydrogen-bond donors (Lipinski definition) is 1. The van der Waals surface area contributed by atoms with Crippen molar-refractivity contribution in [1.82, 2.24) is 9.21 Å². The number of benzene rings is 2. The second kappa shape index (κ2) is 7.13. The third-order valence-corrected chi connectivity index (χ3v) is 6.49. The van der Waals surface area contributed by atoms with Gasteiger partial charge in [0.15, 0.2) is 0 Å². The number of fused-ring (bicyclic) bond motifs is 1. The summed E-state index contributed by atoms with van der Waals surface area (Å²) in [6.45, 7) is 0.388. The third kappa shape index (κ3) is 3.58. The lowest BCUT2D eigenvalue weighted by molar-refractivity contribution is -0.139. The Bertz CT molecular complexity index is 983. The van der Waals surface area contributed by atoms with Gasteiger partial charge in [0.05, 0.1) is 10.8 Å². The van der Waals surface area contributed by atoms with E-state index in [4.69, 9.17) is 0 Å². The molecule has 27 heavy (non-hydrogen) atoms. The van der Waals surface area contributed by atoms with Gasteiger partial charge in [-0.1, -0.05) is 24.3 Å². The summed E-state index contributed by atoms with van der Waals surface area (Å²) < 4.78 is 25.4. The number of carboxylic acid groups (broad SMARTS) is 1. The second-order valence-electron chi connectivity index (χ2n) is 6.59. The van der Waals surface area contributed by atoms with Crippen molar-refractivity contribution in [2.45, 2.75) is 17.4 Å². The van der Waals surface area contributed by atoms with Crippen LogP contribution in [0, 0.1) is 0 Å². The Morgan fingerprint density at radius 3 is 2.30 bits per heavy atom. The normalized spacial score (nSPS) is 16.9. The minimum atomic E-state index is -3.57. The summed E-state index contributed by atoms with van der Waals surface area (Å²) in [6, 6.07) is 12.9. The van der Waals surface area contributed by atoms with Crippen molar-refractivity contribution >= 4 is 21.9 Å². The van der Waals surface area contributed by atoms with Crippen LogP contribution in [-0.4, -0.2) is 55.2 Å². The Balaban J connectivity index is 1.87. The Morgan fingerprint density at radius 2 is 1.70 bits per heavy atom. The number of carbonyl (C=O) groups is 2. The van der Waals surface area contributed by atoms with E-state index in [1.54, 1.807) is 12.1 Å². The molecule has 1 aliphatic rings. The number of nitrogens with zero attached hydrogens (tertiary/aromatic N) is 2. The van der Waals surface area contributed by atoms with Gasteiger partial charge in [-0.25, -0.2) is 12.7 Å². The summed E-state index contributed by atoms with van der Waals surface area (Å²) in [6.07, 6.45) is 0. The number of carboxylic acids is 1. The standard InChI is InChI=1S/C19H20N2O5S/c1-20(2)27(25,26)15-9-7-13(8-10-15)18(22)21-11-14-5-3-4-6-16(14)17(12-21)19(23)24/h3-10,17H,11-12H2,1-2H3,(H,23,24). The highest BCUT2D eigenvalue weighted by atomic mass is 32.2. The largest absolute Gasteiger partial charge is 0.481 e. The molecule has 8 heteroatoms. The van der Waals surface area contributed by atoms with Crippen LogP contribution >= 0.6 is 0 Å². The SMILES string of the molecule is CN(C)S(=O)(=O)c1ccc(C(=O)N2Cc3ccccc3C(C(=O)O)C2)cc1. The Kier molecular flexibility index (Phi) is 5.03. The van der Waals surface area contributed by atoms with Gasteiger partial charge >= 0.3 is 5.97 Å². The summed E-state index contributed by atoms with van der Waals surface area (Å²) in [5, 5.41) is 9.52. The van der Waals surface area contributed by atoms with Crippen molar-refractivity contribution in [1.29, 1.82) is 0 Å². The summed E-state index contributed by atoms with van der Waals surface area (Å²) in [5.74, 6) is -2.09. The Labute approximate surface area is 157 Å². The smallest absolute Gasteiger partial charge is 0.312 e. The first-order valence-electron chi connectivity index (χ1n) is 8.34. The van der Waals surface area contributed by atoms with E-state index in [9.17, 15) is 23.1 Å². The van der Waals surface area contributed by atoms with E-state index >= 15 is 0 Å². The van der Waals surface area contributed by atoms with Crippen LogP contribution in [0.5, 0.6) is 0 Å². The Morgan fingerprint density at radius 1 is 1.07 bits per heavy atom. The van der Waals surface area contributed by atoms with E-state index in [1.165, 1.54) is 43.3 Å². The van der Waals surface area contributed by atoms with E-state index in [2.05, 4.69) is 0 Å². The van der Waals surface area contributed by atoms with Crippen LogP contribution in [0.15, 0.2) is 53.4 Å². The fourth-order valence-electron chi connectivity index (χ4n) is 3.14. The van der Waals surface area contributed by atoms with Crippen molar-refractivity contribution in [3.8, 4) is 0 Å². The first-order chi connectivity index (χ1) is 12.7. The van der Waals surface area contributed by atoms with Gasteiger partial charge in [0.25, 0.3) is 5.91 Å². The van der Waals surface area contributed by atoms with Gasteiger partial charge in [-0.05, 0) is 35.4 Å². The van der Waals surface area contributed by atoms with Gasteiger partial charge in [0, 0.05) is 32.7 Å². The topological polar surface area (TPSA) is 95.0 Å². The molecule has 7 nitrogen and oxygen atoms in total. The van der Waals surface area contributed by atoms with Crippen molar-refractivity contribution in [3.05, 3.63) is 65.2 Å². The molecule has 0 fully saturated rings. The predicted octanol–water partition coefficient (Wildman–Crippen LogP) is 1.76. The van der Waals surface area contributed by atoms with E-state index < -0.39 is 21.9 Å². The van der Waals surface area contributed by atoms with Crippen LogP contribution in [0.25, 0.3) is 0 Å². The van der Waals surface area contributed by atoms with E-state index in [-0.39, 0.29) is 17.3 Å². The first kappa shape index (κ1) is 19.1. The first-order valence-corrected chi connectivity index (χ1v) is 9.78. The zero-order chi connectivity index (χ0) is 19.8. The van der Waals surface area contributed by atoms with Gasteiger partial charge in [-0.15, -0.1) is 0 Å². The van der Waals surface area contributed by atoms with E-state index in [1.807, 2.05) is 12.1 Å². The molecule has 0 saturated heterocycles. The summed E-state index contributed by atoms with van der Waals surface area (Å²) in [5.41, 5.74) is 1.84. The molecule has 142 valence electrons. The molecule has 2 aromatic carbocycles. The lowest BCUT2D eigenvalue weighted by atomic mass is 9.89. The predicted molar refractivity (Wildman–Crippen MR) is 98.9 cm³/mol. The molecule has 1 heterocycles. The van der Waals surface area contributed by atoms with Gasteiger partial charge in [0.1, 0.15) is 0 Å². The molecule has 0 spiro atoms. The van der Waals surface area contributed by atoms with Gasteiger partial charge in [-0.3, -0.25) is 9.59 Å². The molecular weight excluding hydrogens is 368 g/mol. The fourth-order valence-corrected chi connectivity index (χ4v) is 4.04. The summed E-state index contributed by atoms with van der Waals surface area (Å²) in [7, 11) is -0.701. The molecule has 1 unspecified atom stereocenters. The number of carbonyl (C=O) groups excluding carboxylic acids is 1. The molecule has 1 atom stereocenters. The van der Waals surface area contributed by atoms with Crippen LogP contribution < -0.4 is 0 Å². The lowest BCUT2D eigenvalue weighted by Gasteiger charge is -2.33. The zero-order valence-corrected chi connectivity index (χ0v) is 15.8. The number of rotatable bonds is 4. The highest BCUT2D eigenvalue weighted by Crippen LogP contribution is 2.29. The highest BCUT2D eigenvalue weighted by Gasteiger charge is 2.32. The maximum absolute atomic E-state index is 12.8. The van der Waals surface area contributed by atoms with Crippen molar-refractivity contribution in [2.24, 2.45) is 0 Å². The molecule has 1 N–H and O–H groups in total. The average Bonchev–Trinajstić information content (AvgIpc) is 2.66. The fraction of sp³-hybridized carbons (Fsp3) is 0.263. The minimum Gasteiger partial charge on any atom is -0.481 e. The molecule has 2 aromatic rings. The number of aliphatic carboxylic acids is 1. The molecular formula is C19H20N2O5S. The molecule has 1 aliphatic heterocycles. The quantitative estimate of drug-likeness (QED) is 0.861. The van der Waals surface area contributed by atoms with Crippen LogP contribution in [0.2, 0.25) is 0 Å². The number of sulfonamides is 1. The Hall–Kier alpha value is -2.71. The van der Waals surface area contributed by atoms with Crippen LogP contribution in [0.4, 0.5) is 0 Å². The van der Waals surface area contributed by atoms with E-state index in [0.29, 0.717) is 12.1 Å². The number of amides is 1. The third-order valence-electron chi connectivity index (χ3n) is 4.66. The molecule has 0 bridgehead atoms. The average molecular weight is 388 g/mol. The molecule has 0 aromatic heterocycles. The van der Waals surface area contributed by atoms with Crippen molar-refractivity contribution in [3.63, 3.8) is 0 Å². The summed E-state index contributed by atoms with van der Waals surface area (Å²) >= 11 is 0. The summed E-state index contributed by atoms with van der Waals surface area (Å²) in [4.78, 5) is 26.1. The monoisotopic (exact) mass is 388 g/mol. The zero-order valence-electron chi connectivity index (χ0n) is 15.0. The second-order valence-corrected chi connectivity index (χ2v) is 8.74.